The third-order valence-corrected chi connectivity index (χ3v) is 12.1. The van der Waals surface area contributed by atoms with Gasteiger partial charge in [0.2, 0.25) is 0 Å². The van der Waals surface area contributed by atoms with Crippen LogP contribution >= 0.6 is 0 Å². The van der Waals surface area contributed by atoms with E-state index < -0.39 is 38.4 Å². The Balaban J connectivity index is 1.15. The third kappa shape index (κ3) is 4.74. The van der Waals surface area contributed by atoms with Gasteiger partial charge in [-0.2, -0.15) is 4.98 Å². The van der Waals surface area contributed by atoms with Crippen molar-refractivity contribution < 1.29 is 25.6 Å². The molecule has 3 heterocycles. The predicted octanol–water partition coefficient (Wildman–Crippen LogP) is 14.9. The van der Waals surface area contributed by atoms with Crippen molar-refractivity contribution in [2.75, 3.05) is 0 Å². The first kappa shape index (κ1) is 23.9. The Bertz CT molecular complexity index is 3870. The van der Waals surface area contributed by atoms with Crippen molar-refractivity contribution in [2.24, 2.45) is 0 Å². The summed E-state index contributed by atoms with van der Waals surface area (Å²) in [6, 6.07) is 46.1. The van der Waals surface area contributed by atoms with Gasteiger partial charge in [0.15, 0.2) is 5.58 Å². The molecule has 0 saturated heterocycles. The summed E-state index contributed by atoms with van der Waals surface area (Å²) in [6.45, 7) is -10.7. The quantitative estimate of drug-likeness (QED) is 0.176. The molecule has 0 fully saturated rings. The predicted molar refractivity (Wildman–Crippen MR) is 241 cm³/mol. The number of hydrogen-bond donors (Lipinski definition) is 0. The van der Waals surface area contributed by atoms with Gasteiger partial charge < -0.3 is 9.15 Å². The summed E-state index contributed by atoms with van der Waals surface area (Å²) in [6.07, 6.45) is 0. The first-order valence-corrected chi connectivity index (χ1v) is 19.5. The van der Waals surface area contributed by atoms with E-state index in [1.54, 1.807) is 22.6 Å². The number of fused-ring (bicyclic) bond motifs is 15. The molecule has 4 heteroatoms. The molecular weight excluding hydrogens is 721 g/mol. The highest BCUT2D eigenvalue weighted by Crippen LogP contribution is 2.55. The summed E-state index contributed by atoms with van der Waals surface area (Å²) in [5, 5.41) is 0. The Morgan fingerprint density at radius 3 is 1.83 bits per heavy atom. The first-order chi connectivity index (χ1) is 33.7. The minimum Gasteiger partial charge on any atom is -0.456 e. The van der Waals surface area contributed by atoms with E-state index in [2.05, 4.69) is 41.4 Å². The van der Waals surface area contributed by atoms with Crippen LogP contribution in [0.15, 0.2) is 156 Å². The molecule has 59 heavy (non-hydrogen) atoms. The van der Waals surface area contributed by atoms with Gasteiger partial charge in [-0.05, 0) is 129 Å². The first-order valence-electron chi connectivity index (χ1n) is 25.5. The Morgan fingerprint density at radius 1 is 0.525 bits per heavy atom. The molecule has 0 unspecified atom stereocenters. The lowest BCUT2D eigenvalue weighted by Crippen LogP contribution is -2.25. The van der Waals surface area contributed by atoms with Gasteiger partial charge >= 0.3 is 5.84 Å². The van der Waals surface area contributed by atoms with Crippen molar-refractivity contribution in [3.05, 3.63) is 179 Å². The minimum atomic E-state index is -3.35. The second-order valence-corrected chi connectivity index (χ2v) is 15.4. The number of hydrogen-bond acceptors (Lipinski definition) is 3. The minimum absolute atomic E-state index is 0.0349. The lowest BCUT2D eigenvalue weighted by atomic mass is 9.73. The molecule has 0 N–H and O–H groups in total. The number of aryl methyl sites for hydroxylation is 3. The van der Waals surface area contributed by atoms with Crippen LogP contribution in [-0.2, 0) is 5.41 Å². The zero-order chi connectivity index (χ0) is 49.7. The van der Waals surface area contributed by atoms with Crippen LogP contribution in [-0.4, -0.2) is 9.38 Å². The van der Waals surface area contributed by atoms with E-state index in [9.17, 15) is 8.22 Å². The van der Waals surface area contributed by atoms with Crippen LogP contribution in [0.1, 0.15) is 58.0 Å². The van der Waals surface area contributed by atoms with Gasteiger partial charge in [0.1, 0.15) is 11.5 Å². The van der Waals surface area contributed by atoms with Crippen LogP contribution in [0.2, 0.25) is 0 Å². The number of aromatic nitrogens is 2. The van der Waals surface area contributed by atoms with Crippen LogP contribution < -0.4 is 4.74 Å². The van der Waals surface area contributed by atoms with Crippen LogP contribution in [0, 0.1) is 20.6 Å². The van der Waals surface area contributed by atoms with Crippen molar-refractivity contribution in [3.63, 3.8) is 0 Å². The van der Waals surface area contributed by atoms with Gasteiger partial charge in [0.25, 0.3) is 0 Å². The van der Waals surface area contributed by atoms with Crippen LogP contribution in [0.5, 0.6) is 11.5 Å². The molecule has 10 aromatic rings. The molecule has 0 spiro atoms. The Hall–Kier alpha value is -7.17. The molecule has 2 aromatic heterocycles. The van der Waals surface area contributed by atoms with E-state index in [0.717, 1.165) is 50.6 Å². The van der Waals surface area contributed by atoms with Crippen molar-refractivity contribution in [1.82, 2.24) is 9.38 Å². The number of oxazole rings is 1. The second kappa shape index (κ2) is 12.2. The summed E-state index contributed by atoms with van der Waals surface area (Å²) in [4.78, 5) is 4.61. The molecule has 0 saturated carbocycles. The molecule has 0 amide bonds. The largest absolute Gasteiger partial charge is 0.456 e. The van der Waals surface area contributed by atoms with Gasteiger partial charge in [-0.1, -0.05) is 129 Å². The Labute approximate surface area is 359 Å². The van der Waals surface area contributed by atoms with Crippen LogP contribution in [0.25, 0.3) is 94.7 Å². The van der Waals surface area contributed by atoms with Crippen LogP contribution in [0.4, 0.5) is 0 Å². The number of rotatable bonds is 2. The summed E-state index contributed by atoms with van der Waals surface area (Å²) in [5.41, 5.74) is 6.63. The standard InChI is InChI=1S/C55H40N2O2/c1-31-22-26-44-52(50(31)34-24-25-41-39-18-9-8-16-37(39)35-14-6-7-15-36(35)38-17-10-11-19-40(38)43(41)29-34)58-49-28-33(3)42(30-45(49)55(44,4)5)51-32(2)23-27-48-53(51)59-54-56-46-20-12-13-21-47(46)57(48)54/h6-30H,1-5H3/i2D3,3D3,4D3,5D3. The van der Waals surface area contributed by atoms with Gasteiger partial charge in [-0.15, -0.1) is 0 Å². The molecule has 12 rings (SSSR count). The third-order valence-electron chi connectivity index (χ3n) is 12.1. The number of ether oxygens (including phenoxy) is 1. The Morgan fingerprint density at radius 2 is 1.15 bits per heavy atom. The summed E-state index contributed by atoms with van der Waals surface area (Å²) in [5.74, 6) is -0.261. The van der Waals surface area contributed by atoms with E-state index >= 15 is 0 Å². The number of benzene rings is 8. The van der Waals surface area contributed by atoms with E-state index in [-0.39, 0.29) is 50.7 Å². The van der Waals surface area contributed by atoms with E-state index in [0.29, 0.717) is 33.2 Å². The van der Waals surface area contributed by atoms with E-state index in [1.807, 2.05) is 79.7 Å². The van der Waals surface area contributed by atoms with Crippen molar-refractivity contribution in [1.29, 1.82) is 0 Å². The lowest BCUT2D eigenvalue weighted by molar-refractivity contribution is 0.419. The maximum atomic E-state index is 9.34. The zero-order valence-corrected chi connectivity index (χ0v) is 31.6. The van der Waals surface area contributed by atoms with Gasteiger partial charge in [-0.25, -0.2) is 0 Å². The molecule has 0 atom stereocenters. The monoisotopic (exact) mass is 772 g/mol. The van der Waals surface area contributed by atoms with Gasteiger partial charge in [0, 0.05) is 44.1 Å². The van der Waals surface area contributed by atoms with Crippen molar-refractivity contribution >= 4 is 28.0 Å². The topological polar surface area (TPSA) is 39.7 Å². The lowest BCUT2D eigenvalue weighted by Gasteiger charge is -2.37. The molecule has 2 aliphatic rings. The SMILES string of the molecule is [2H]C([2H])([2H])c1cc2c(cc1-c1c(C([2H])([2H])[2H])ccc3c1oc1nc4ccccc4n13)C(C([2H])([2H])[2H])(C([2H])([2H])[2H])c1ccc(C)c(-c3ccc4c(c3)-c3ccccc3-c3ccccc3-c3ccccc3-4)c1O2. The average Bonchev–Trinajstić information content (AvgIpc) is 3.87. The molecule has 1 aliphatic carbocycles. The number of para-hydroxylation sites is 2. The molecule has 282 valence electrons. The molecule has 1 aliphatic heterocycles. The zero-order valence-electron chi connectivity index (χ0n) is 43.6. The molecular formula is C55H40N2O2. The van der Waals surface area contributed by atoms with Gasteiger partial charge in [0.05, 0.1) is 16.6 Å². The number of imidazole rings is 1. The summed E-state index contributed by atoms with van der Waals surface area (Å²) in [7, 11) is 0. The van der Waals surface area contributed by atoms with Crippen LogP contribution in [0.3, 0.4) is 0 Å². The highest BCUT2D eigenvalue weighted by atomic mass is 16.5. The maximum Gasteiger partial charge on any atom is 0.307 e. The van der Waals surface area contributed by atoms with Crippen molar-refractivity contribution in [2.45, 2.75) is 39.7 Å². The average molecular weight is 773 g/mol. The Kier molecular flexibility index (Phi) is 4.93. The second-order valence-electron chi connectivity index (χ2n) is 15.4. The summed E-state index contributed by atoms with van der Waals surface area (Å²) >= 11 is 0. The van der Waals surface area contributed by atoms with Gasteiger partial charge in [-0.3, -0.25) is 4.40 Å². The highest BCUT2D eigenvalue weighted by molar-refractivity contribution is 6.04. The molecule has 4 nitrogen and oxygen atoms in total. The smallest absolute Gasteiger partial charge is 0.307 e. The molecule has 0 radical (unpaired) electrons. The fourth-order valence-electron chi connectivity index (χ4n) is 9.39. The summed E-state index contributed by atoms with van der Waals surface area (Å²) < 4.78 is 124. The van der Waals surface area contributed by atoms with E-state index in [1.165, 1.54) is 18.2 Å². The normalized spacial score (nSPS) is 17.3. The highest BCUT2D eigenvalue weighted by Gasteiger charge is 2.37. The fourth-order valence-corrected chi connectivity index (χ4v) is 9.39. The van der Waals surface area contributed by atoms with E-state index in [4.69, 9.17) is 17.4 Å². The van der Waals surface area contributed by atoms with Crippen molar-refractivity contribution in [3.8, 4) is 78.3 Å². The molecule has 8 aromatic carbocycles. The fraction of sp³-hybridized carbons (Fsp3) is 0.109. The number of nitrogens with zero attached hydrogens (tertiary/aromatic N) is 2. The maximum absolute atomic E-state index is 9.34. The molecule has 0 bridgehead atoms.